The second-order valence-electron chi connectivity index (χ2n) is 3.60. The lowest BCUT2D eigenvalue weighted by Crippen LogP contribution is -2.25. The number of nitrogens with zero attached hydrogens (tertiary/aromatic N) is 4. The van der Waals surface area contributed by atoms with Crippen molar-refractivity contribution in [2.75, 3.05) is 0 Å². The first kappa shape index (κ1) is 8.78. The van der Waals surface area contributed by atoms with Crippen LogP contribution >= 0.6 is 11.3 Å². The first-order valence-corrected chi connectivity index (χ1v) is 5.55. The number of amides is 1. The molecule has 0 unspecified atom stereocenters. The van der Waals surface area contributed by atoms with Crippen molar-refractivity contribution in [2.45, 2.75) is 25.8 Å². The number of aryl methyl sites for hydroxylation is 1. The molecule has 0 bridgehead atoms. The fraction of sp³-hybridized carbons (Fsp3) is 0.500. The molecule has 0 radical (unpaired) electrons. The minimum atomic E-state index is -0.104. The van der Waals surface area contributed by atoms with Crippen LogP contribution in [-0.4, -0.2) is 31.8 Å². The zero-order chi connectivity index (χ0) is 10.4. The predicted molar refractivity (Wildman–Crippen MR) is 53.9 cm³/mol. The lowest BCUT2D eigenvalue weighted by molar-refractivity contribution is 0.0949. The zero-order valence-corrected chi connectivity index (χ0v) is 8.91. The van der Waals surface area contributed by atoms with Gasteiger partial charge in [-0.3, -0.25) is 4.79 Å². The predicted octanol–water partition coefficient (Wildman–Crippen LogP) is 0.386. The molecule has 0 spiro atoms. The molecule has 1 N–H and O–H groups in total. The van der Waals surface area contributed by atoms with E-state index < -0.39 is 0 Å². The van der Waals surface area contributed by atoms with Crippen LogP contribution in [0, 0.1) is 6.92 Å². The van der Waals surface area contributed by atoms with Crippen LogP contribution in [0.15, 0.2) is 0 Å². The highest BCUT2D eigenvalue weighted by molar-refractivity contribution is 7.18. The summed E-state index contributed by atoms with van der Waals surface area (Å²) in [6, 6.07) is 0.355. The van der Waals surface area contributed by atoms with E-state index in [2.05, 4.69) is 20.6 Å². The van der Waals surface area contributed by atoms with Crippen LogP contribution in [-0.2, 0) is 0 Å². The highest BCUT2D eigenvalue weighted by Gasteiger charge is 2.25. The molecule has 0 saturated heterocycles. The molecule has 1 fully saturated rings. The van der Waals surface area contributed by atoms with E-state index in [0.717, 1.165) is 12.8 Å². The number of aromatic nitrogens is 4. The van der Waals surface area contributed by atoms with Crippen molar-refractivity contribution in [3.8, 4) is 0 Å². The molecule has 1 aliphatic rings. The van der Waals surface area contributed by atoms with Gasteiger partial charge in [0.15, 0.2) is 5.82 Å². The van der Waals surface area contributed by atoms with Crippen LogP contribution < -0.4 is 5.32 Å². The number of carbonyl (C=O) groups is 1. The van der Waals surface area contributed by atoms with Crippen molar-refractivity contribution in [3.05, 3.63) is 10.8 Å². The van der Waals surface area contributed by atoms with Gasteiger partial charge in [-0.1, -0.05) is 11.3 Å². The fourth-order valence-corrected chi connectivity index (χ4v) is 2.07. The van der Waals surface area contributed by atoms with Gasteiger partial charge < -0.3 is 5.32 Å². The third kappa shape index (κ3) is 1.48. The van der Waals surface area contributed by atoms with Gasteiger partial charge in [0.25, 0.3) is 5.91 Å². The summed E-state index contributed by atoms with van der Waals surface area (Å²) >= 11 is 1.26. The summed E-state index contributed by atoms with van der Waals surface area (Å²) in [6.45, 7) is 1.81. The lowest BCUT2D eigenvalue weighted by Gasteiger charge is -1.96. The van der Waals surface area contributed by atoms with E-state index in [1.54, 1.807) is 4.52 Å². The molecule has 1 amide bonds. The smallest absolute Gasteiger partial charge is 0.282 e. The van der Waals surface area contributed by atoms with Gasteiger partial charge in [-0.05, 0) is 19.8 Å². The normalized spacial score (nSPS) is 15.8. The lowest BCUT2D eigenvalue weighted by atomic mass is 10.6. The molecular formula is C8H9N5OS. The number of carbonyl (C=O) groups excluding carboxylic acids is 1. The zero-order valence-electron chi connectivity index (χ0n) is 8.10. The largest absolute Gasteiger partial charge is 0.347 e. The van der Waals surface area contributed by atoms with Gasteiger partial charge in [0.05, 0.1) is 0 Å². The van der Waals surface area contributed by atoms with Crippen LogP contribution in [0.1, 0.15) is 28.5 Å². The molecule has 78 valence electrons. The Hall–Kier alpha value is -1.50. The number of rotatable bonds is 2. The Morgan fingerprint density at radius 3 is 3.00 bits per heavy atom. The van der Waals surface area contributed by atoms with E-state index in [9.17, 15) is 4.79 Å². The molecule has 2 aromatic heterocycles. The Kier molecular flexibility index (Phi) is 1.75. The molecule has 2 heterocycles. The van der Waals surface area contributed by atoms with Crippen molar-refractivity contribution in [3.63, 3.8) is 0 Å². The number of fused-ring (bicyclic) bond motifs is 1. The molecule has 0 atom stereocenters. The molecule has 0 aromatic carbocycles. The molecule has 1 aliphatic carbocycles. The summed E-state index contributed by atoms with van der Waals surface area (Å²) < 4.78 is 1.59. The molecule has 15 heavy (non-hydrogen) atoms. The van der Waals surface area contributed by atoms with E-state index in [1.807, 2.05) is 6.92 Å². The standard InChI is InChI=1S/C8H9N5OS/c1-4-10-11-8-13(4)12-7(15-8)6(14)9-5-2-3-5/h5H,2-3H2,1H3,(H,9,14). The van der Waals surface area contributed by atoms with E-state index in [4.69, 9.17) is 0 Å². The summed E-state index contributed by atoms with van der Waals surface area (Å²) in [5, 5.41) is 15.3. The number of hydrogen-bond acceptors (Lipinski definition) is 5. The molecule has 3 rings (SSSR count). The van der Waals surface area contributed by atoms with Crippen LogP contribution in [0.25, 0.3) is 4.96 Å². The van der Waals surface area contributed by atoms with Gasteiger partial charge in [-0.15, -0.1) is 15.3 Å². The third-order valence-electron chi connectivity index (χ3n) is 2.25. The van der Waals surface area contributed by atoms with E-state index in [1.165, 1.54) is 11.3 Å². The van der Waals surface area contributed by atoms with Crippen LogP contribution in [0.4, 0.5) is 0 Å². The molecule has 2 aromatic rings. The van der Waals surface area contributed by atoms with Gasteiger partial charge in [0.2, 0.25) is 9.97 Å². The highest BCUT2D eigenvalue weighted by atomic mass is 32.1. The Balaban J connectivity index is 1.92. The Bertz CT molecular complexity index is 526. The minimum Gasteiger partial charge on any atom is -0.347 e. The van der Waals surface area contributed by atoms with Crippen molar-refractivity contribution in [2.24, 2.45) is 0 Å². The number of nitrogens with one attached hydrogen (secondary N) is 1. The Labute approximate surface area is 89.3 Å². The molecule has 7 heteroatoms. The van der Waals surface area contributed by atoms with Gasteiger partial charge in [-0.2, -0.15) is 4.52 Å². The molecular weight excluding hydrogens is 214 g/mol. The summed E-state index contributed by atoms with van der Waals surface area (Å²) in [6.07, 6.45) is 2.16. The van der Waals surface area contributed by atoms with Crippen molar-refractivity contribution >= 4 is 22.2 Å². The second-order valence-corrected chi connectivity index (χ2v) is 4.55. The first-order valence-electron chi connectivity index (χ1n) is 4.74. The Morgan fingerprint density at radius 2 is 2.33 bits per heavy atom. The SMILES string of the molecule is Cc1nnc2sc(C(=O)NC3CC3)nn12. The van der Waals surface area contributed by atoms with Crippen molar-refractivity contribution < 1.29 is 4.79 Å². The van der Waals surface area contributed by atoms with Crippen molar-refractivity contribution in [1.29, 1.82) is 0 Å². The first-order chi connectivity index (χ1) is 7.24. The van der Waals surface area contributed by atoms with E-state index in [-0.39, 0.29) is 5.91 Å². The second kappa shape index (κ2) is 2.99. The maximum atomic E-state index is 11.6. The Morgan fingerprint density at radius 1 is 1.53 bits per heavy atom. The maximum Gasteiger partial charge on any atom is 0.282 e. The summed E-state index contributed by atoms with van der Waals surface area (Å²) in [4.78, 5) is 12.3. The van der Waals surface area contributed by atoms with Crippen LogP contribution in [0.3, 0.4) is 0 Å². The molecule has 1 saturated carbocycles. The quantitative estimate of drug-likeness (QED) is 0.799. The maximum absolute atomic E-state index is 11.6. The van der Waals surface area contributed by atoms with Crippen LogP contribution in [0.5, 0.6) is 0 Å². The fourth-order valence-electron chi connectivity index (χ4n) is 1.28. The van der Waals surface area contributed by atoms with Gasteiger partial charge in [0.1, 0.15) is 0 Å². The summed E-state index contributed by atoms with van der Waals surface area (Å²) in [5.74, 6) is 0.596. The van der Waals surface area contributed by atoms with Crippen molar-refractivity contribution in [1.82, 2.24) is 25.1 Å². The molecule has 6 nitrogen and oxygen atoms in total. The van der Waals surface area contributed by atoms with Crippen LogP contribution in [0.2, 0.25) is 0 Å². The topological polar surface area (TPSA) is 72.2 Å². The van der Waals surface area contributed by atoms with Gasteiger partial charge in [-0.25, -0.2) is 0 Å². The summed E-state index contributed by atoms with van der Waals surface area (Å²) in [5.41, 5.74) is 0. The van der Waals surface area contributed by atoms with E-state index in [0.29, 0.717) is 21.8 Å². The molecule has 0 aliphatic heterocycles. The minimum absolute atomic E-state index is 0.104. The summed E-state index contributed by atoms with van der Waals surface area (Å²) in [7, 11) is 0. The average molecular weight is 223 g/mol. The monoisotopic (exact) mass is 223 g/mol. The van der Waals surface area contributed by atoms with Gasteiger partial charge >= 0.3 is 0 Å². The van der Waals surface area contributed by atoms with Gasteiger partial charge in [0, 0.05) is 6.04 Å². The number of hydrogen-bond donors (Lipinski definition) is 1. The highest BCUT2D eigenvalue weighted by Crippen LogP contribution is 2.20. The van der Waals surface area contributed by atoms with E-state index >= 15 is 0 Å². The third-order valence-corrected chi connectivity index (χ3v) is 3.15. The average Bonchev–Trinajstić information content (AvgIpc) is 2.79.